The lowest BCUT2D eigenvalue weighted by Crippen LogP contribution is -2.34. The molecule has 24 heavy (non-hydrogen) atoms. The summed E-state index contributed by atoms with van der Waals surface area (Å²) in [4.78, 5) is 32.7. The Balaban J connectivity index is 3.10. The van der Waals surface area contributed by atoms with Crippen molar-refractivity contribution < 1.29 is 29.7 Å². The molecule has 9 heteroatoms. The summed E-state index contributed by atoms with van der Waals surface area (Å²) in [6.07, 6.45) is 0.0440. The van der Waals surface area contributed by atoms with Crippen molar-refractivity contribution in [1.82, 2.24) is 0 Å². The van der Waals surface area contributed by atoms with Crippen LogP contribution in [0.15, 0.2) is 18.2 Å². The van der Waals surface area contributed by atoms with E-state index in [4.69, 9.17) is 32.5 Å². The molecule has 1 rings (SSSR count). The molecule has 0 aliphatic heterocycles. The standard InChI is InChI=1S/C15H21N3O6/c16-10(13(19)20)4-7-1-8(5-11(17)14(21)22)3-9(2-7)6-12(18)15(23)24/h1-3,10-12H,4-6,16-18H2,(H,19,20)(H,21,22)(H,23,24)/t10-,11-,12-/m1/s1. The summed E-state index contributed by atoms with van der Waals surface area (Å²) in [7, 11) is 0. The lowest BCUT2D eigenvalue weighted by atomic mass is 9.94. The van der Waals surface area contributed by atoms with Gasteiger partial charge in [0.1, 0.15) is 18.1 Å². The zero-order chi connectivity index (χ0) is 18.4. The molecule has 0 saturated carbocycles. The molecule has 0 aromatic heterocycles. The molecule has 1 aromatic carbocycles. The van der Waals surface area contributed by atoms with Crippen molar-refractivity contribution in [3.05, 3.63) is 34.9 Å². The van der Waals surface area contributed by atoms with Gasteiger partial charge >= 0.3 is 17.9 Å². The van der Waals surface area contributed by atoms with Crippen LogP contribution in [0.1, 0.15) is 16.7 Å². The van der Waals surface area contributed by atoms with Gasteiger partial charge in [-0.3, -0.25) is 14.4 Å². The Kier molecular flexibility index (Phi) is 6.83. The van der Waals surface area contributed by atoms with Crippen molar-refractivity contribution in [3.8, 4) is 0 Å². The fourth-order valence-corrected chi connectivity index (χ4v) is 2.22. The molecule has 9 N–H and O–H groups in total. The maximum Gasteiger partial charge on any atom is 0.320 e. The zero-order valence-electron chi connectivity index (χ0n) is 12.9. The Bertz CT molecular complexity index is 536. The molecule has 0 aliphatic carbocycles. The third-order valence-corrected chi connectivity index (χ3v) is 3.43. The highest BCUT2D eigenvalue weighted by Gasteiger charge is 2.18. The smallest absolute Gasteiger partial charge is 0.320 e. The number of hydrogen-bond acceptors (Lipinski definition) is 6. The Labute approximate surface area is 138 Å². The lowest BCUT2D eigenvalue weighted by Gasteiger charge is -2.14. The number of carboxylic acids is 3. The average molecular weight is 339 g/mol. The SMILES string of the molecule is N[C@H](Cc1cc(C[C@@H](N)C(=O)O)cc(C[C@@H](N)C(=O)O)c1)C(=O)O. The van der Waals surface area contributed by atoms with E-state index in [2.05, 4.69) is 0 Å². The quantitative estimate of drug-likeness (QED) is 0.312. The van der Waals surface area contributed by atoms with Gasteiger partial charge in [-0.1, -0.05) is 18.2 Å². The van der Waals surface area contributed by atoms with E-state index >= 15 is 0 Å². The fourth-order valence-electron chi connectivity index (χ4n) is 2.22. The van der Waals surface area contributed by atoms with Gasteiger partial charge in [0.2, 0.25) is 0 Å². The molecule has 0 heterocycles. The number of benzene rings is 1. The fraction of sp³-hybridized carbons (Fsp3) is 0.400. The largest absolute Gasteiger partial charge is 0.480 e. The second-order valence-electron chi connectivity index (χ2n) is 5.60. The molecule has 0 unspecified atom stereocenters. The molecule has 0 saturated heterocycles. The molecule has 132 valence electrons. The Morgan fingerprint density at radius 3 is 1.04 bits per heavy atom. The molecule has 0 fully saturated rings. The van der Waals surface area contributed by atoms with Gasteiger partial charge in [0, 0.05) is 0 Å². The first-order valence-corrected chi connectivity index (χ1v) is 7.17. The highest BCUT2D eigenvalue weighted by molar-refractivity contribution is 5.74. The van der Waals surface area contributed by atoms with Crippen LogP contribution in [-0.4, -0.2) is 51.4 Å². The molecular formula is C15H21N3O6. The first kappa shape index (κ1) is 19.6. The number of carbonyl (C=O) groups is 3. The molecule has 0 spiro atoms. The van der Waals surface area contributed by atoms with Crippen LogP contribution < -0.4 is 17.2 Å². The summed E-state index contributed by atoms with van der Waals surface area (Å²) in [6.45, 7) is 0. The van der Waals surface area contributed by atoms with Crippen molar-refractivity contribution in [3.63, 3.8) is 0 Å². The first-order valence-electron chi connectivity index (χ1n) is 7.17. The molecule has 3 atom stereocenters. The van der Waals surface area contributed by atoms with Gasteiger partial charge in [0.25, 0.3) is 0 Å². The number of rotatable bonds is 9. The summed E-state index contributed by atoms with van der Waals surface area (Å²) < 4.78 is 0. The highest BCUT2D eigenvalue weighted by atomic mass is 16.4. The van der Waals surface area contributed by atoms with Crippen LogP contribution >= 0.6 is 0 Å². The summed E-state index contributed by atoms with van der Waals surface area (Å²) >= 11 is 0. The van der Waals surface area contributed by atoms with E-state index < -0.39 is 36.0 Å². The minimum absolute atomic E-state index is 0.0147. The van der Waals surface area contributed by atoms with Gasteiger partial charge in [0.05, 0.1) is 0 Å². The first-order chi connectivity index (χ1) is 11.1. The van der Waals surface area contributed by atoms with Crippen molar-refractivity contribution in [2.75, 3.05) is 0 Å². The number of nitrogens with two attached hydrogens (primary N) is 3. The molecule has 9 nitrogen and oxygen atoms in total. The van der Waals surface area contributed by atoms with Gasteiger partial charge in [0.15, 0.2) is 0 Å². The van der Waals surface area contributed by atoms with Gasteiger partial charge in [-0.15, -0.1) is 0 Å². The van der Waals surface area contributed by atoms with E-state index in [1.807, 2.05) is 0 Å². The van der Waals surface area contributed by atoms with Crippen molar-refractivity contribution in [2.45, 2.75) is 37.4 Å². The maximum atomic E-state index is 10.9. The minimum Gasteiger partial charge on any atom is -0.480 e. The Hall–Kier alpha value is -2.49. The normalized spacial score (nSPS) is 14.6. The highest BCUT2D eigenvalue weighted by Crippen LogP contribution is 2.15. The summed E-state index contributed by atoms with van der Waals surface area (Å²) in [6, 6.07) is 1.45. The zero-order valence-corrected chi connectivity index (χ0v) is 12.9. The summed E-state index contributed by atoms with van der Waals surface area (Å²) in [5.74, 6) is -3.52. The van der Waals surface area contributed by atoms with Crippen molar-refractivity contribution >= 4 is 17.9 Å². The van der Waals surface area contributed by atoms with Crippen LogP contribution in [0, 0.1) is 0 Å². The lowest BCUT2D eigenvalue weighted by molar-refractivity contribution is -0.139. The van der Waals surface area contributed by atoms with Crippen molar-refractivity contribution in [1.29, 1.82) is 0 Å². The predicted octanol–water partition coefficient (Wildman–Crippen LogP) is -1.45. The van der Waals surface area contributed by atoms with Crippen LogP contribution in [0.2, 0.25) is 0 Å². The monoisotopic (exact) mass is 339 g/mol. The Morgan fingerprint density at radius 2 is 0.875 bits per heavy atom. The van der Waals surface area contributed by atoms with Crippen LogP contribution in [0.5, 0.6) is 0 Å². The van der Waals surface area contributed by atoms with Gasteiger partial charge in [-0.05, 0) is 36.0 Å². The second kappa shape index (κ2) is 8.39. The van der Waals surface area contributed by atoms with E-state index in [-0.39, 0.29) is 19.3 Å². The third-order valence-electron chi connectivity index (χ3n) is 3.43. The Morgan fingerprint density at radius 1 is 0.667 bits per heavy atom. The molecule has 0 bridgehead atoms. The van der Waals surface area contributed by atoms with Crippen LogP contribution in [0.3, 0.4) is 0 Å². The minimum atomic E-state index is -1.17. The molecule has 0 amide bonds. The van der Waals surface area contributed by atoms with Crippen LogP contribution in [-0.2, 0) is 33.6 Å². The van der Waals surface area contributed by atoms with E-state index in [1.165, 1.54) is 0 Å². The summed E-state index contributed by atoms with van der Waals surface area (Å²) in [5, 5.41) is 26.7. The summed E-state index contributed by atoms with van der Waals surface area (Å²) in [5.41, 5.74) is 18.2. The van der Waals surface area contributed by atoms with Crippen molar-refractivity contribution in [2.24, 2.45) is 17.2 Å². The maximum absolute atomic E-state index is 10.9. The second-order valence-corrected chi connectivity index (χ2v) is 5.60. The van der Waals surface area contributed by atoms with Gasteiger partial charge in [-0.25, -0.2) is 0 Å². The van der Waals surface area contributed by atoms with E-state index in [0.717, 1.165) is 0 Å². The van der Waals surface area contributed by atoms with Gasteiger partial charge in [-0.2, -0.15) is 0 Å². The molecule has 0 radical (unpaired) electrons. The number of aliphatic carboxylic acids is 3. The topological polar surface area (TPSA) is 190 Å². The van der Waals surface area contributed by atoms with Gasteiger partial charge < -0.3 is 32.5 Å². The molecular weight excluding hydrogens is 318 g/mol. The predicted molar refractivity (Wildman–Crippen MR) is 84.4 cm³/mol. The molecule has 1 aromatic rings. The molecule has 0 aliphatic rings. The van der Waals surface area contributed by atoms with Crippen LogP contribution in [0.4, 0.5) is 0 Å². The third kappa shape index (κ3) is 5.95. The van der Waals surface area contributed by atoms with E-state index in [0.29, 0.717) is 16.7 Å². The van der Waals surface area contributed by atoms with E-state index in [1.54, 1.807) is 18.2 Å². The van der Waals surface area contributed by atoms with Crippen LogP contribution in [0.25, 0.3) is 0 Å². The number of carboxylic acid groups (broad SMARTS) is 3. The van der Waals surface area contributed by atoms with E-state index in [9.17, 15) is 14.4 Å². The number of hydrogen-bond donors (Lipinski definition) is 6. The average Bonchev–Trinajstić information content (AvgIpc) is 2.46.